The van der Waals surface area contributed by atoms with Gasteiger partial charge in [-0.15, -0.1) is 0 Å². The Labute approximate surface area is 135 Å². The fourth-order valence-corrected chi connectivity index (χ4v) is 3.40. The smallest absolute Gasteiger partial charge is 0.417 e. The maximum atomic E-state index is 12.5. The Morgan fingerprint density at radius 3 is 2.71 bits per heavy atom. The van der Waals surface area contributed by atoms with Crippen LogP contribution in [0, 0.1) is 6.92 Å². The number of carbonyl (C=O) groups is 1. The van der Waals surface area contributed by atoms with Crippen molar-refractivity contribution in [1.29, 1.82) is 0 Å². The topological polar surface area (TPSA) is 132 Å². The van der Waals surface area contributed by atoms with E-state index in [0.717, 1.165) is 0 Å². The Hall–Kier alpha value is -3.07. The van der Waals surface area contributed by atoms with Crippen molar-refractivity contribution in [3.05, 3.63) is 58.1 Å². The third-order valence-electron chi connectivity index (χ3n) is 3.50. The summed E-state index contributed by atoms with van der Waals surface area (Å²) in [6.07, 6.45) is 0. The van der Waals surface area contributed by atoms with E-state index in [1.807, 2.05) is 0 Å². The number of H-pyrrole nitrogens is 1. The summed E-state index contributed by atoms with van der Waals surface area (Å²) in [7, 11) is -4.00. The molecule has 124 valence electrons. The summed E-state index contributed by atoms with van der Waals surface area (Å²) in [5, 5.41) is 11.0. The van der Waals surface area contributed by atoms with E-state index in [0.29, 0.717) is 5.52 Å². The second kappa shape index (κ2) is 5.53. The Balaban J connectivity index is 2.03. The third-order valence-corrected chi connectivity index (χ3v) is 4.86. The molecule has 2 aromatic carbocycles. The molecule has 0 fully saturated rings. The Morgan fingerprint density at radius 2 is 2.00 bits per heavy atom. The number of carboxylic acid groups (broad SMARTS) is 1. The van der Waals surface area contributed by atoms with Gasteiger partial charge in [0.15, 0.2) is 5.58 Å². The predicted octanol–water partition coefficient (Wildman–Crippen LogP) is 0.594. The number of nitrogens with one attached hydrogen (secondary N) is 2. The minimum absolute atomic E-state index is 0.100. The summed E-state index contributed by atoms with van der Waals surface area (Å²) in [6, 6.07) is 8.07. The number of aromatic amines is 1. The van der Waals surface area contributed by atoms with Crippen LogP contribution < -0.4 is 15.6 Å². The SMILES string of the molecule is Cc1c(NS(=O)(=O)c2ccc3[nH]c(=O)oc3c2)cccc1C(=O)[O-]. The highest BCUT2D eigenvalue weighted by atomic mass is 32.2. The molecule has 0 aliphatic carbocycles. The van der Waals surface area contributed by atoms with Crippen LogP contribution in [0.25, 0.3) is 11.1 Å². The number of fused-ring (bicyclic) bond motifs is 1. The van der Waals surface area contributed by atoms with Crippen molar-refractivity contribution in [1.82, 2.24) is 4.98 Å². The van der Waals surface area contributed by atoms with Gasteiger partial charge in [0, 0.05) is 11.6 Å². The molecule has 0 amide bonds. The lowest BCUT2D eigenvalue weighted by Gasteiger charge is -2.14. The van der Waals surface area contributed by atoms with E-state index in [4.69, 9.17) is 4.42 Å². The van der Waals surface area contributed by atoms with Crippen molar-refractivity contribution in [3.8, 4) is 0 Å². The average molecular weight is 347 g/mol. The average Bonchev–Trinajstić information content (AvgIpc) is 2.88. The number of carboxylic acids is 1. The van der Waals surface area contributed by atoms with Crippen molar-refractivity contribution in [2.24, 2.45) is 0 Å². The van der Waals surface area contributed by atoms with E-state index >= 15 is 0 Å². The van der Waals surface area contributed by atoms with Crippen LogP contribution in [-0.4, -0.2) is 19.4 Å². The monoisotopic (exact) mass is 347 g/mol. The number of aromatic carboxylic acids is 1. The minimum atomic E-state index is -4.00. The molecule has 2 N–H and O–H groups in total. The first-order valence-electron chi connectivity index (χ1n) is 6.74. The number of carbonyl (C=O) groups excluding carboxylic acids is 1. The summed E-state index contributed by atoms with van der Waals surface area (Å²) in [4.78, 5) is 24.4. The molecule has 8 nitrogen and oxygen atoms in total. The lowest BCUT2D eigenvalue weighted by Crippen LogP contribution is -2.24. The van der Waals surface area contributed by atoms with Crippen LogP contribution in [0.4, 0.5) is 5.69 Å². The Morgan fingerprint density at radius 1 is 1.25 bits per heavy atom. The Kier molecular flexibility index (Phi) is 3.64. The summed E-state index contributed by atoms with van der Waals surface area (Å²) in [5.74, 6) is -2.09. The second-order valence-corrected chi connectivity index (χ2v) is 6.73. The predicted molar refractivity (Wildman–Crippen MR) is 83.2 cm³/mol. The molecular formula is C15H11N2O6S-. The van der Waals surface area contributed by atoms with E-state index in [1.165, 1.54) is 43.3 Å². The molecule has 24 heavy (non-hydrogen) atoms. The van der Waals surface area contributed by atoms with Crippen LogP contribution in [0.15, 0.2) is 50.5 Å². The molecule has 1 heterocycles. The van der Waals surface area contributed by atoms with Gasteiger partial charge >= 0.3 is 5.76 Å². The number of anilines is 1. The van der Waals surface area contributed by atoms with Crippen LogP contribution >= 0.6 is 0 Å². The lowest BCUT2D eigenvalue weighted by atomic mass is 10.1. The van der Waals surface area contributed by atoms with Gasteiger partial charge in [-0.3, -0.25) is 9.71 Å². The molecule has 0 saturated carbocycles. The molecule has 3 rings (SSSR count). The highest BCUT2D eigenvalue weighted by Gasteiger charge is 2.18. The molecule has 0 radical (unpaired) electrons. The highest BCUT2D eigenvalue weighted by molar-refractivity contribution is 7.92. The molecule has 3 aromatic rings. The summed E-state index contributed by atoms with van der Waals surface area (Å²) in [6.45, 7) is 1.47. The molecule has 0 spiro atoms. The van der Waals surface area contributed by atoms with Crippen LogP contribution in [-0.2, 0) is 10.0 Å². The lowest BCUT2D eigenvalue weighted by molar-refractivity contribution is -0.255. The molecule has 1 aromatic heterocycles. The standard InChI is InChI=1S/C15H12N2O6S/c1-8-10(14(18)19)3-2-4-11(8)17-24(21,22)9-5-6-12-13(7-9)23-15(20)16-12/h2-7,17H,1H3,(H,16,20)(H,18,19)/p-1. The van der Waals surface area contributed by atoms with Gasteiger partial charge < -0.3 is 14.3 Å². The van der Waals surface area contributed by atoms with E-state index in [9.17, 15) is 23.1 Å². The molecule has 0 atom stereocenters. The molecule has 0 aliphatic rings. The quantitative estimate of drug-likeness (QED) is 0.710. The van der Waals surface area contributed by atoms with E-state index in [1.54, 1.807) is 0 Å². The first-order valence-corrected chi connectivity index (χ1v) is 8.23. The molecule has 9 heteroatoms. The normalized spacial score (nSPS) is 11.5. The maximum Gasteiger partial charge on any atom is 0.417 e. The molecule has 0 bridgehead atoms. The first-order chi connectivity index (χ1) is 11.3. The van der Waals surface area contributed by atoms with E-state index < -0.39 is 21.7 Å². The highest BCUT2D eigenvalue weighted by Crippen LogP contribution is 2.23. The van der Waals surface area contributed by atoms with Gasteiger partial charge in [0.2, 0.25) is 0 Å². The molecular weight excluding hydrogens is 336 g/mol. The zero-order valence-corrected chi connectivity index (χ0v) is 13.1. The minimum Gasteiger partial charge on any atom is -0.545 e. The number of aromatic nitrogens is 1. The van der Waals surface area contributed by atoms with Gasteiger partial charge in [-0.1, -0.05) is 12.1 Å². The van der Waals surface area contributed by atoms with Gasteiger partial charge in [0.1, 0.15) is 0 Å². The largest absolute Gasteiger partial charge is 0.545 e. The van der Waals surface area contributed by atoms with Crippen LogP contribution in [0.5, 0.6) is 0 Å². The number of hydrogen-bond donors (Lipinski definition) is 2. The van der Waals surface area contributed by atoms with E-state index in [2.05, 4.69) is 9.71 Å². The number of benzene rings is 2. The number of rotatable bonds is 4. The van der Waals surface area contributed by atoms with Crippen molar-refractivity contribution in [2.75, 3.05) is 4.72 Å². The van der Waals surface area contributed by atoms with Gasteiger partial charge in [0.05, 0.1) is 22.1 Å². The maximum absolute atomic E-state index is 12.5. The molecule has 0 saturated heterocycles. The van der Waals surface area contributed by atoms with Crippen molar-refractivity contribution in [2.45, 2.75) is 11.8 Å². The second-order valence-electron chi connectivity index (χ2n) is 5.04. The first kappa shape index (κ1) is 15.8. The van der Waals surface area contributed by atoms with Crippen LogP contribution in [0.3, 0.4) is 0 Å². The van der Waals surface area contributed by atoms with Gasteiger partial charge in [-0.2, -0.15) is 0 Å². The number of oxazole rings is 1. The summed E-state index contributed by atoms with van der Waals surface area (Å²) in [5.41, 5.74) is 0.710. The van der Waals surface area contributed by atoms with Crippen molar-refractivity contribution >= 4 is 32.8 Å². The Bertz CT molecular complexity index is 1110. The van der Waals surface area contributed by atoms with Gasteiger partial charge in [-0.25, -0.2) is 13.2 Å². The summed E-state index contributed by atoms with van der Waals surface area (Å²) < 4.78 is 32.1. The number of sulfonamides is 1. The van der Waals surface area contributed by atoms with Crippen molar-refractivity contribution < 1.29 is 22.7 Å². The van der Waals surface area contributed by atoms with Gasteiger partial charge in [-0.05, 0) is 30.7 Å². The van der Waals surface area contributed by atoms with E-state index in [-0.39, 0.29) is 27.3 Å². The fourth-order valence-electron chi connectivity index (χ4n) is 2.26. The summed E-state index contributed by atoms with van der Waals surface area (Å²) >= 11 is 0. The third kappa shape index (κ3) is 2.76. The van der Waals surface area contributed by atoms with Crippen molar-refractivity contribution in [3.63, 3.8) is 0 Å². The zero-order valence-electron chi connectivity index (χ0n) is 12.3. The van der Waals surface area contributed by atoms with Crippen LogP contribution in [0.1, 0.15) is 15.9 Å². The van der Waals surface area contributed by atoms with Crippen LogP contribution in [0.2, 0.25) is 0 Å². The molecule has 0 unspecified atom stereocenters. The van der Waals surface area contributed by atoms with Gasteiger partial charge in [0.25, 0.3) is 10.0 Å². The molecule has 0 aliphatic heterocycles. The zero-order chi connectivity index (χ0) is 17.5. The number of hydrogen-bond acceptors (Lipinski definition) is 6. The fraction of sp³-hybridized carbons (Fsp3) is 0.0667.